The van der Waals surface area contributed by atoms with Gasteiger partial charge >= 0.3 is 0 Å². The predicted octanol–water partition coefficient (Wildman–Crippen LogP) is 2.93. The Hall–Kier alpha value is -2.84. The van der Waals surface area contributed by atoms with Crippen LogP contribution in [-0.4, -0.2) is 17.1 Å². The molecule has 5 nitrogen and oxygen atoms in total. The van der Waals surface area contributed by atoms with Crippen molar-refractivity contribution in [2.45, 2.75) is 12.6 Å². The highest BCUT2D eigenvalue weighted by Crippen LogP contribution is 2.27. The van der Waals surface area contributed by atoms with Crippen molar-refractivity contribution in [3.05, 3.63) is 60.0 Å². The topological polar surface area (TPSA) is 73.7 Å². The molecule has 0 aliphatic carbocycles. The summed E-state index contributed by atoms with van der Waals surface area (Å²) in [5, 5.41) is 13.7. The first-order valence-electron chi connectivity index (χ1n) is 6.99. The summed E-state index contributed by atoms with van der Waals surface area (Å²) in [6, 6.07) is 13.4. The van der Waals surface area contributed by atoms with Crippen LogP contribution in [0.5, 0.6) is 5.75 Å². The van der Waals surface area contributed by atoms with E-state index < -0.39 is 6.04 Å². The second kappa shape index (κ2) is 6.29. The van der Waals surface area contributed by atoms with E-state index in [4.69, 9.17) is 4.74 Å². The number of pyridine rings is 1. The number of hydrogen-bond donors (Lipinski definition) is 2. The zero-order chi connectivity index (χ0) is 15.4. The third-order valence-electron chi connectivity index (χ3n) is 3.57. The number of aromatic nitrogens is 2. The van der Waals surface area contributed by atoms with Gasteiger partial charge in [0.1, 0.15) is 11.8 Å². The summed E-state index contributed by atoms with van der Waals surface area (Å²) in [6.45, 7) is 0.537. The van der Waals surface area contributed by atoms with Crippen LogP contribution in [0.25, 0.3) is 10.9 Å². The first-order valence-corrected chi connectivity index (χ1v) is 6.99. The van der Waals surface area contributed by atoms with Crippen molar-refractivity contribution in [1.29, 1.82) is 5.26 Å². The van der Waals surface area contributed by atoms with E-state index in [0.29, 0.717) is 6.54 Å². The Morgan fingerprint density at radius 3 is 3.00 bits per heavy atom. The molecule has 0 amide bonds. The van der Waals surface area contributed by atoms with Gasteiger partial charge in [0.2, 0.25) is 0 Å². The molecule has 2 N–H and O–H groups in total. The first kappa shape index (κ1) is 14.1. The Morgan fingerprint density at radius 1 is 1.36 bits per heavy atom. The van der Waals surface area contributed by atoms with Crippen molar-refractivity contribution < 1.29 is 4.74 Å². The lowest BCUT2D eigenvalue weighted by molar-refractivity contribution is 0.415. The number of methoxy groups -OCH3 is 1. The van der Waals surface area contributed by atoms with E-state index in [2.05, 4.69) is 21.4 Å². The number of benzene rings is 1. The van der Waals surface area contributed by atoms with Crippen LogP contribution in [0.2, 0.25) is 0 Å². The molecule has 0 saturated carbocycles. The number of aromatic amines is 1. The summed E-state index contributed by atoms with van der Waals surface area (Å²) in [6.07, 6.45) is 3.61. The molecule has 3 rings (SSSR count). The molecule has 0 radical (unpaired) electrons. The highest BCUT2D eigenvalue weighted by atomic mass is 16.5. The van der Waals surface area contributed by atoms with Gasteiger partial charge in [-0.15, -0.1) is 0 Å². The summed E-state index contributed by atoms with van der Waals surface area (Å²) in [7, 11) is 1.63. The highest BCUT2D eigenvalue weighted by molar-refractivity contribution is 5.85. The second-order valence-electron chi connectivity index (χ2n) is 4.92. The lowest BCUT2D eigenvalue weighted by Crippen LogP contribution is -2.19. The second-order valence-corrected chi connectivity index (χ2v) is 4.92. The molecule has 2 heterocycles. The Morgan fingerprint density at radius 2 is 2.27 bits per heavy atom. The van der Waals surface area contributed by atoms with Crippen LogP contribution in [-0.2, 0) is 6.54 Å². The van der Waals surface area contributed by atoms with Crippen LogP contribution in [0.3, 0.4) is 0 Å². The zero-order valence-electron chi connectivity index (χ0n) is 12.2. The van der Waals surface area contributed by atoms with E-state index >= 15 is 0 Å². The summed E-state index contributed by atoms with van der Waals surface area (Å²) >= 11 is 0. The van der Waals surface area contributed by atoms with E-state index in [1.165, 1.54) is 0 Å². The van der Waals surface area contributed by atoms with E-state index in [-0.39, 0.29) is 0 Å². The maximum absolute atomic E-state index is 9.48. The molecule has 1 atom stereocenters. The molecular weight excluding hydrogens is 276 g/mol. The SMILES string of the molecule is COc1ccc2[nH]cc(C(C#N)NCc3ccccn3)c2c1. The number of nitrogens with zero attached hydrogens (tertiary/aromatic N) is 2. The molecule has 0 fully saturated rings. The molecule has 0 bridgehead atoms. The Labute approximate surface area is 128 Å². The monoisotopic (exact) mass is 292 g/mol. The van der Waals surface area contributed by atoms with E-state index in [1.54, 1.807) is 13.3 Å². The van der Waals surface area contributed by atoms with Crippen LogP contribution in [0, 0.1) is 11.3 Å². The van der Waals surface area contributed by atoms with E-state index in [0.717, 1.165) is 27.9 Å². The summed E-state index contributed by atoms with van der Waals surface area (Å²) in [4.78, 5) is 7.45. The minimum Gasteiger partial charge on any atom is -0.497 e. The minimum absolute atomic E-state index is 0.414. The predicted molar refractivity (Wildman–Crippen MR) is 84.3 cm³/mol. The Bertz CT molecular complexity index is 804. The van der Waals surface area contributed by atoms with Crippen LogP contribution < -0.4 is 10.1 Å². The van der Waals surface area contributed by atoms with Gasteiger partial charge in [0.15, 0.2) is 0 Å². The van der Waals surface area contributed by atoms with Gasteiger partial charge in [0.05, 0.1) is 18.9 Å². The molecule has 0 saturated heterocycles. The first-order chi connectivity index (χ1) is 10.8. The van der Waals surface area contributed by atoms with E-state index in [9.17, 15) is 5.26 Å². The fourth-order valence-electron chi connectivity index (χ4n) is 2.42. The molecule has 1 unspecified atom stereocenters. The molecule has 0 aliphatic heterocycles. The number of fused-ring (bicyclic) bond motifs is 1. The minimum atomic E-state index is -0.414. The number of nitriles is 1. The molecule has 3 aromatic rings. The van der Waals surface area contributed by atoms with Gasteiger partial charge in [0, 0.05) is 35.4 Å². The van der Waals surface area contributed by atoms with Gasteiger partial charge in [-0.2, -0.15) is 5.26 Å². The lowest BCUT2D eigenvalue weighted by atomic mass is 10.1. The largest absolute Gasteiger partial charge is 0.497 e. The molecule has 0 aliphatic rings. The maximum Gasteiger partial charge on any atom is 0.123 e. The van der Waals surface area contributed by atoms with Gasteiger partial charge in [-0.05, 0) is 30.3 Å². The quantitative estimate of drug-likeness (QED) is 0.758. The van der Waals surface area contributed by atoms with Crippen LogP contribution >= 0.6 is 0 Å². The molecule has 1 aromatic carbocycles. The number of rotatable bonds is 5. The standard InChI is InChI=1S/C17H16N4O/c1-22-13-5-6-16-14(8-13)15(11-21-16)17(9-18)20-10-12-4-2-3-7-19-12/h2-8,11,17,20-21H,10H2,1H3. The molecule has 0 spiro atoms. The molecule has 22 heavy (non-hydrogen) atoms. The van der Waals surface area contributed by atoms with Gasteiger partial charge < -0.3 is 9.72 Å². The summed E-state index contributed by atoms with van der Waals surface area (Å²) in [5.41, 5.74) is 2.79. The van der Waals surface area contributed by atoms with Gasteiger partial charge in [0.25, 0.3) is 0 Å². The van der Waals surface area contributed by atoms with Crippen molar-refractivity contribution in [3.8, 4) is 11.8 Å². The number of ether oxygens (including phenoxy) is 1. The zero-order valence-corrected chi connectivity index (χ0v) is 12.2. The van der Waals surface area contributed by atoms with Crippen molar-refractivity contribution in [2.24, 2.45) is 0 Å². The fraction of sp³-hybridized carbons (Fsp3) is 0.176. The van der Waals surface area contributed by atoms with Crippen LogP contribution in [0.4, 0.5) is 0 Å². The highest BCUT2D eigenvalue weighted by Gasteiger charge is 2.15. The number of hydrogen-bond acceptors (Lipinski definition) is 4. The molecular formula is C17H16N4O. The van der Waals surface area contributed by atoms with Gasteiger partial charge in [-0.3, -0.25) is 10.3 Å². The van der Waals surface area contributed by atoms with Crippen molar-refractivity contribution in [1.82, 2.24) is 15.3 Å². The van der Waals surface area contributed by atoms with Crippen molar-refractivity contribution in [2.75, 3.05) is 7.11 Å². The van der Waals surface area contributed by atoms with E-state index in [1.807, 2.05) is 42.6 Å². The Kier molecular flexibility index (Phi) is 4.03. The fourth-order valence-corrected chi connectivity index (χ4v) is 2.42. The number of H-pyrrole nitrogens is 1. The molecule has 2 aromatic heterocycles. The van der Waals surface area contributed by atoms with Gasteiger partial charge in [-0.25, -0.2) is 0 Å². The van der Waals surface area contributed by atoms with Crippen LogP contribution in [0.1, 0.15) is 17.3 Å². The average Bonchev–Trinajstić information content (AvgIpc) is 2.99. The lowest BCUT2D eigenvalue weighted by Gasteiger charge is -2.11. The maximum atomic E-state index is 9.48. The van der Waals surface area contributed by atoms with Crippen molar-refractivity contribution >= 4 is 10.9 Å². The normalized spacial score (nSPS) is 12.0. The third-order valence-corrected chi connectivity index (χ3v) is 3.57. The Balaban J connectivity index is 1.86. The molecule has 5 heteroatoms. The number of nitrogens with one attached hydrogen (secondary N) is 2. The van der Waals surface area contributed by atoms with Crippen LogP contribution in [0.15, 0.2) is 48.8 Å². The van der Waals surface area contributed by atoms with Gasteiger partial charge in [-0.1, -0.05) is 6.07 Å². The average molecular weight is 292 g/mol. The molecule has 110 valence electrons. The summed E-state index contributed by atoms with van der Waals surface area (Å²) < 4.78 is 5.26. The third kappa shape index (κ3) is 2.78. The van der Waals surface area contributed by atoms with Crippen molar-refractivity contribution in [3.63, 3.8) is 0 Å². The smallest absolute Gasteiger partial charge is 0.123 e. The summed E-state index contributed by atoms with van der Waals surface area (Å²) in [5.74, 6) is 0.773.